The number of hydrogen-bond acceptors (Lipinski definition) is 6. The van der Waals surface area contributed by atoms with Crippen LogP contribution in [0.4, 0.5) is 0 Å². The predicted octanol–water partition coefficient (Wildman–Crippen LogP) is 1.68. The van der Waals surface area contributed by atoms with Gasteiger partial charge in [-0.3, -0.25) is 0 Å². The highest BCUT2D eigenvalue weighted by molar-refractivity contribution is 6.05. The first-order valence-electron chi connectivity index (χ1n) is 6.24. The molecule has 0 spiro atoms. The number of carboxylic acids is 1. The van der Waals surface area contributed by atoms with Gasteiger partial charge in [-0.15, -0.1) is 0 Å². The van der Waals surface area contributed by atoms with Crippen LogP contribution in [0.3, 0.4) is 0 Å². The summed E-state index contributed by atoms with van der Waals surface area (Å²) >= 11 is 0. The van der Waals surface area contributed by atoms with Crippen LogP contribution in [0.2, 0.25) is 0 Å². The molecule has 21 heavy (non-hydrogen) atoms. The molecule has 1 aromatic carbocycles. The molecule has 1 atom stereocenters. The van der Waals surface area contributed by atoms with E-state index in [-0.39, 0.29) is 6.42 Å². The Balaban J connectivity index is 2.40. The van der Waals surface area contributed by atoms with Crippen molar-refractivity contribution in [2.75, 3.05) is 21.3 Å². The highest BCUT2D eigenvalue weighted by atomic mass is 16.7. The largest absolute Gasteiger partial charge is 0.493 e. The third-order valence-corrected chi connectivity index (χ3v) is 3.31. The first kappa shape index (κ1) is 15.0. The molecular weight excluding hydrogens is 278 g/mol. The number of aliphatic carboxylic acids is 1. The highest BCUT2D eigenvalue weighted by Gasteiger charge is 2.42. The zero-order valence-corrected chi connectivity index (χ0v) is 12.3. The van der Waals surface area contributed by atoms with E-state index in [1.54, 1.807) is 12.1 Å². The van der Waals surface area contributed by atoms with E-state index in [0.29, 0.717) is 28.5 Å². The van der Waals surface area contributed by atoms with Gasteiger partial charge in [0.15, 0.2) is 11.5 Å². The summed E-state index contributed by atoms with van der Waals surface area (Å²) in [5.41, 5.74) is -0.177. The molecular formula is C14H17NO6. The van der Waals surface area contributed by atoms with Crippen LogP contribution in [0.25, 0.3) is 0 Å². The number of methoxy groups -OCH3 is 3. The molecule has 7 heteroatoms. The van der Waals surface area contributed by atoms with E-state index in [4.69, 9.17) is 24.2 Å². The average Bonchev–Trinajstić information content (AvgIpc) is 2.89. The third kappa shape index (κ3) is 2.58. The smallest absolute Gasteiger partial charge is 0.351 e. The van der Waals surface area contributed by atoms with Crippen LogP contribution in [0, 0.1) is 0 Å². The first-order valence-corrected chi connectivity index (χ1v) is 6.24. The van der Waals surface area contributed by atoms with Gasteiger partial charge in [0.1, 0.15) is 0 Å². The lowest BCUT2D eigenvalue weighted by Crippen LogP contribution is -2.35. The van der Waals surface area contributed by atoms with E-state index in [1.807, 2.05) is 0 Å². The molecule has 0 saturated heterocycles. The Kier molecular flexibility index (Phi) is 3.93. The molecule has 1 aliphatic heterocycles. The average molecular weight is 295 g/mol. The van der Waals surface area contributed by atoms with Gasteiger partial charge < -0.3 is 24.2 Å². The van der Waals surface area contributed by atoms with Crippen LogP contribution in [-0.2, 0) is 9.63 Å². The van der Waals surface area contributed by atoms with Gasteiger partial charge in [0.25, 0.3) is 0 Å². The Morgan fingerprint density at radius 2 is 1.81 bits per heavy atom. The fourth-order valence-corrected chi connectivity index (χ4v) is 2.06. The molecule has 1 aromatic rings. The van der Waals surface area contributed by atoms with Crippen molar-refractivity contribution in [2.24, 2.45) is 5.16 Å². The number of benzene rings is 1. The lowest BCUT2D eigenvalue weighted by atomic mass is 9.96. The molecule has 1 aliphatic rings. The summed E-state index contributed by atoms with van der Waals surface area (Å²) in [6.45, 7) is 1.48. The Labute approximate surface area is 122 Å². The molecule has 114 valence electrons. The normalized spacial score (nSPS) is 20.5. The van der Waals surface area contributed by atoms with E-state index < -0.39 is 11.6 Å². The van der Waals surface area contributed by atoms with E-state index >= 15 is 0 Å². The van der Waals surface area contributed by atoms with Gasteiger partial charge in [-0.1, -0.05) is 5.16 Å². The van der Waals surface area contributed by atoms with E-state index in [2.05, 4.69) is 5.16 Å². The Bertz CT molecular complexity index is 572. The second kappa shape index (κ2) is 5.51. The third-order valence-electron chi connectivity index (χ3n) is 3.31. The summed E-state index contributed by atoms with van der Waals surface area (Å²) < 4.78 is 15.8. The van der Waals surface area contributed by atoms with Crippen LogP contribution in [0.1, 0.15) is 18.9 Å². The SMILES string of the molecule is COc1cc(C2=NO[C@@](C)(C(=O)O)C2)cc(OC)c1OC. The monoisotopic (exact) mass is 295 g/mol. The first-order chi connectivity index (χ1) is 9.95. The van der Waals surface area contributed by atoms with Crippen LogP contribution in [0.5, 0.6) is 17.2 Å². The maximum absolute atomic E-state index is 11.2. The predicted molar refractivity (Wildman–Crippen MR) is 74.4 cm³/mol. The minimum Gasteiger partial charge on any atom is -0.493 e. The molecule has 0 saturated carbocycles. The number of nitrogens with zero attached hydrogens (tertiary/aromatic N) is 1. The molecule has 0 radical (unpaired) electrons. The fraction of sp³-hybridized carbons (Fsp3) is 0.429. The van der Waals surface area contributed by atoms with Gasteiger partial charge in [-0.05, 0) is 19.1 Å². The lowest BCUT2D eigenvalue weighted by Gasteiger charge is -2.15. The summed E-state index contributed by atoms with van der Waals surface area (Å²) in [5.74, 6) is 0.343. The van der Waals surface area contributed by atoms with Crippen molar-refractivity contribution < 1.29 is 28.9 Å². The van der Waals surface area contributed by atoms with E-state index in [0.717, 1.165) is 0 Å². The molecule has 2 rings (SSSR count). The maximum Gasteiger partial charge on any atom is 0.351 e. The summed E-state index contributed by atoms with van der Waals surface area (Å²) in [6, 6.07) is 3.41. The number of carbonyl (C=O) groups is 1. The van der Waals surface area contributed by atoms with Crippen LogP contribution < -0.4 is 14.2 Å². The lowest BCUT2D eigenvalue weighted by molar-refractivity contribution is -0.160. The quantitative estimate of drug-likeness (QED) is 0.889. The molecule has 7 nitrogen and oxygen atoms in total. The summed E-state index contributed by atoms with van der Waals surface area (Å²) in [5, 5.41) is 13.0. The number of carboxylic acid groups (broad SMARTS) is 1. The van der Waals surface area contributed by atoms with Crippen LogP contribution in [-0.4, -0.2) is 43.7 Å². The molecule has 0 amide bonds. The van der Waals surface area contributed by atoms with Crippen molar-refractivity contribution in [1.29, 1.82) is 0 Å². The van der Waals surface area contributed by atoms with Gasteiger partial charge in [0, 0.05) is 12.0 Å². The molecule has 0 bridgehead atoms. The zero-order chi connectivity index (χ0) is 15.6. The van der Waals surface area contributed by atoms with Crippen LogP contribution >= 0.6 is 0 Å². The Morgan fingerprint density at radius 1 is 1.24 bits per heavy atom. The van der Waals surface area contributed by atoms with Gasteiger partial charge in [0.05, 0.1) is 27.0 Å². The zero-order valence-electron chi connectivity index (χ0n) is 12.3. The van der Waals surface area contributed by atoms with Gasteiger partial charge in [-0.25, -0.2) is 4.79 Å². The number of oxime groups is 1. The summed E-state index contributed by atoms with van der Waals surface area (Å²) in [7, 11) is 4.53. The van der Waals surface area contributed by atoms with Gasteiger partial charge in [-0.2, -0.15) is 0 Å². The van der Waals surface area contributed by atoms with E-state index in [9.17, 15) is 4.79 Å². The van der Waals surface area contributed by atoms with Crippen molar-refractivity contribution in [3.8, 4) is 17.2 Å². The minimum absolute atomic E-state index is 0.154. The molecule has 0 fully saturated rings. The topological polar surface area (TPSA) is 86.6 Å². The number of rotatable bonds is 5. The van der Waals surface area contributed by atoms with Crippen molar-refractivity contribution in [1.82, 2.24) is 0 Å². The van der Waals surface area contributed by atoms with Crippen molar-refractivity contribution in [3.63, 3.8) is 0 Å². The van der Waals surface area contributed by atoms with Crippen molar-refractivity contribution in [3.05, 3.63) is 17.7 Å². The molecule has 1 heterocycles. The Morgan fingerprint density at radius 3 is 2.19 bits per heavy atom. The highest BCUT2D eigenvalue weighted by Crippen LogP contribution is 2.39. The molecule has 1 N–H and O–H groups in total. The Hall–Kier alpha value is -2.44. The minimum atomic E-state index is -1.35. The van der Waals surface area contributed by atoms with Gasteiger partial charge >= 0.3 is 5.97 Å². The number of ether oxygens (including phenoxy) is 3. The van der Waals surface area contributed by atoms with Crippen LogP contribution in [0.15, 0.2) is 17.3 Å². The summed E-state index contributed by atoms with van der Waals surface area (Å²) in [6.07, 6.45) is 0.154. The standard InChI is InChI=1S/C14H17NO6/c1-14(13(16)17)7-9(15-21-14)8-5-10(18-2)12(20-4)11(6-8)19-3/h5-6H,7H2,1-4H3,(H,16,17)/t14-/m1/s1. The van der Waals surface area contributed by atoms with Crippen molar-refractivity contribution in [2.45, 2.75) is 18.9 Å². The molecule has 0 aliphatic carbocycles. The van der Waals surface area contributed by atoms with E-state index in [1.165, 1.54) is 28.3 Å². The maximum atomic E-state index is 11.2. The second-order valence-corrected chi connectivity index (χ2v) is 4.76. The summed E-state index contributed by atoms with van der Waals surface area (Å²) in [4.78, 5) is 16.2. The molecule has 0 unspecified atom stereocenters. The number of hydrogen-bond donors (Lipinski definition) is 1. The van der Waals surface area contributed by atoms with Crippen molar-refractivity contribution >= 4 is 11.7 Å². The fourth-order valence-electron chi connectivity index (χ4n) is 2.06. The molecule has 0 aromatic heterocycles. The van der Waals surface area contributed by atoms with Gasteiger partial charge in [0.2, 0.25) is 11.4 Å². The second-order valence-electron chi connectivity index (χ2n) is 4.76.